The average Bonchev–Trinajstić information content (AvgIpc) is 2.38. The molecule has 1 aromatic rings. The number of hydrogen-bond donors (Lipinski definition) is 3. The first-order chi connectivity index (χ1) is 9.47. The zero-order valence-corrected chi connectivity index (χ0v) is 12.8. The molecule has 1 rings (SSSR count). The summed E-state index contributed by atoms with van der Waals surface area (Å²) < 4.78 is 0. The minimum atomic E-state index is -0.208. The van der Waals surface area contributed by atoms with Crippen molar-refractivity contribution in [2.24, 2.45) is 0 Å². The van der Waals surface area contributed by atoms with Gasteiger partial charge >= 0.3 is 0 Å². The molecule has 0 bridgehead atoms. The molecule has 0 aliphatic carbocycles. The number of benzene rings is 1. The Morgan fingerprint density at radius 3 is 2.70 bits per heavy atom. The third kappa shape index (κ3) is 5.17. The van der Waals surface area contributed by atoms with Crippen LogP contribution in [0.15, 0.2) is 12.1 Å². The number of hydrogen-bond acceptors (Lipinski definition) is 4. The molecule has 20 heavy (non-hydrogen) atoms. The van der Waals surface area contributed by atoms with Crippen LogP contribution in [-0.4, -0.2) is 42.2 Å². The highest BCUT2D eigenvalue weighted by Crippen LogP contribution is 2.31. The molecule has 7 heteroatoms. The standard InChI is InChI=1S/C13H19Cl2N3O2/c1-2-18(4-3-5-19)8-12(20)17-13-10(15)6-9(14)7-11(13)16/h6-7,19H,2-5,8,16H2,1H3,(H,17,20). The number of likely N-dealkylation sites (N-methyl/N-ethyl adjacent to an activating group) is 1. The van der Waals surface area contributed by atoms with E-state index in [-0.39, 0.29) is 19.1 Å². The van der Waals surface area contributed by atoms with Gasteiger partial charge in [0.2, 0.25) is 5.91 Å². The topological polar surface area (TPSA) is 78.6 Å². The zero-order valence-electron chi connectivity index (χ0n) is 11.3. The summed E-state index contributed by atoms with van der Waals surface area (Å²) in [5.41, 5.74) is 6.49. The third-order valence-electron chi connectivity index (χ3n) is 2.80. The van der Waals surface area contributed by atoms with Gasteiger partial charge in [0.1, 0.15) is 0 Å². The molecule has 0 aliphatic rings. The number of nitrogens with two attached hydrogens (primary N) is 1. The Morgan fingerprint density at radius 2 is 2.15 bits per heavy atom. The summed E-state index contributed by atoms with van der Waals surface area (Å²) in [5, 5.41) is 12.2. The molecule has 5 nitrogen and oxygen atoms in total. The van der Waals surface area contributed by atoms with E-state index in [1.807, 2.05) is 11.8 Å². The summed E-state index contributed by atoms with van der Waals surface area (Å²) >= 11 is 11.8. The lowest BCUT2D eigenvalue weighted by Crippen LogP contribution is -2.34. The fraction of sp³-hybridized carbons (Fsp3) is 0.462. The second kappa shape index (κ2) is 8.32. The Hall–Kier alpha value is -1.01. The average molecular weight is 320 g/mol. The summed E-state index contributed by atoms with van der Waals surface area (Å²) in [6.07, 6.45) is 0.630. The number of rotatable bonds is 7. The predicted octanol–water partition coefficient (Wildman–Crippen LogP) is 2.22. The van der Waals surface area contributed by atoms with Gasteiger partial charge in [-0.05, 0) is 25.1 Å². The molecule has 0 saturated heterocycles. The largest absolute Gasteiger partial charge is 0.397 e. The lowest BCUT2D eigenvalue weighted by atomic mass is 10.2. The molecule has 0 radical (unpaired) electrons. The van der Waals surface area contributed by atoms with E-state index in [1.165, 1.54) is 12.1 Å². The van der Waals surface area contributed by atoms with Crippen molar-refractivity contribution in [1.29, 1.82) is 0 Å². The van der Waals surface area contributed by atoms with Gasteiger partial charge < -0.3 is 16.2 Å². The number of halogens is 2. The van der Waals surface area contributed by atoms with Crippen LogP contribution in [0, 0.1) is 0 Å². The first-order valence-electron chi connectivity index (χ1n) is 6.35. The van der Waals surface area contributed by atoms with Crippen LogP contribution in [0.2, 0.25) is 10.0 Å². The third-order valence-corrected chi connectivity index (χ3v) is 3.31. The lowest BCUT2D eigenvalue weighted by Gasteiger charge is -2.19. The smallest absolute Gasteiger partial charge is 0.238 e. The van der Waals surface area contributed by atoms with E-state index in [2.05, 4.69) is 5.32 Å². The van der Waals surface area contributed by atoms with E-state index >= 15 is 0 Å². The van der Waals surface area contributed by atoms with Gasteiger partial charge in [-0.2, -0.15) is 0 Å². The summed E-state index contributed by atoms with van der Waals surface area (Å²) in [6.45, 7) is 3.65. The molecule has 0 fully saturated rings. The highest BCUT2D eigenvalue weighted by molar-refractivity contribution is 6.37. The molecular formula is C13H19Cl2N3O2. The van der Waals surface area contributed by atoms with Crippen molar-refractivity contribution >= 4 is 40.5 Å². The molecule has 0 atom stereocenters. The van der Waals surface area contributed by atoms with Crippen molar-refractivity contribution in [3.05, 3.63) is 22.2 Å². The Kier molecular flexibility index (Phi) is 7.09. The van der Waals surface area contributed by atoms with Gasteiger partial charge in [0, 0.05) is 18.2 Å². The quantitative estimate of drug-likeness (QED) is 0.673. The van der Waals surface area contributed by atoms with E-state index in [4.69, 9.17) is 34.0 Å². The number of aliphatic hydroxyl groups excluding tert-OH is 1. The highest BCUT2D eigenvalue weighted by Gasteiger charge is 2.13. The van der Waals surface area contributed by atoms with Crippen LogP contribution in [0.25, 0.3) is 0 Å². The van der Waals surface area contributed by atoms with Crippen molar-refractivity contribution in [2.45, 2.75) is 13.3 Å². The van der Waals surface area contributed by atoms with Crippen molar-refractivity contribution in [3.8, 4) is 0 Å². The maximum Gasteiger partial charge on any atom is 0.238 e. The van der Waals surface area contributed by atoms with Gasteiger partial charge in [0.05, 0.1) is 22.9 Å². The van der Waals surface area contributed by atoms with Gasteiger partial charge in [-0.1, -0.05) is 30.1 Å². The van der Waals surface area contributed by atoms with Crippen LogP contribution in [0.4, 0.5) is 11.4 Å². The summed E-state index contributed by atoms with van der Waals surface area (Å²) in [7, 11) is 0. The van der Waals surface area contributed by atoms with Gasteiger partial charge in [-0.25, -0.2) is 0 Å². The number of carbonyl (C=O) groups is 1. The minimum absolute atomic E-state index is 0.105. The van der Waals surface area contributed by atoms with Crippen LogP contribution >= 0.6 is 23.2 Å². The molecule has 1 amide bonds. The van der Waals surface area contributed by atoms with Gasteiger partial charge in [0.15, 0.2) is 0 Å². The van der Waals surface area contributed by atoms with E-state index in [0.717, 1.165) is 6.54 Å². The Balaban J connectivity index is 2.66. The molecular weight excluding hydrogens is 301 g/mol. The van der Waals surface area contributed by atoms with Crippen LogP contribution in [0.3, 0.4) is 0 Å². The van der Waals surface area contributed by atoms with Gasteiger partial charge in [-0.3, -0.25) is 9.69 Å². The molecule has 0 aliphatic heterocycles. The monoisotopic (exact) mass is 319 g/mol. The number of nitrogens with zero attached hydrogens (tertiary/aromatic N) is 1. The number of nitrogens with one attached hydrogen (secondary N) is 1. The molecule has 112 valence electrons. The number of anilines is 2. The molecule has 1 aromatic carbocycles. The highest BCUT2D eigenvalue weighted by atomic mass is 35.5. The van der Waals surface area contributed by atoms with Crippen LogP contribution < -0.4 is 11.1 Å². The summed E-state index contributed by atoms with van der Waals surface area (Å²) in [4.78, 5) is 13.9. The van der Waals surface area contributed by atoms with Crippen molar-refractivity contribution in [3.63, 3.8) is 0 Å². The fourth-order valence-corrected chi connectivity index (χ4v) is 2.31. The van der Waals surface area contributed by atoms with Crippen molar-refractivity contribution in [2.75, 3.05) is 37.3 Å². The predicted molar refractivity (Wildman–Crippen MR) is 83.3 cm³/mol. The number of aliphatic hydroxyl groups is 1. The second-order valence-corrected chi connectivity index (χ2v) is 5.19. The first-order valence-corrected chi connectivity index (χ1v) is 7.11. The maximum atomic E-state index is 12.0. The second-order valence-electron chi connectivity index (χ2n) is 4.35. The summed E-state index contributed by atoms with van der Waals surface area (Å²) in [6, 6.07) is 3.06. The lowest BCUT2D eigenvalue weighted by molar-refractivity contribution is -0.117. The molecule has 4 N–H and O–H groups in total. The SMILES string of the molecule is CCN(CCCO)CC(=O)Nc1c(N)cc(Cl)cc1Cl. The van der Waals surface area contributed by atoms with Crippen LogP contribution in [0.1, 0.15) is 13.3 Å². The molecule has 0 unspecified atom stereocenters. The van der Waals surface area contributed by atoms with E-state index in [0.29, 0.717) is 34.4 Å². The minimum Gasteiger partial charge on any atom is -0.397 e. The molecule has 0 spiro atoms. The van der Waals surface area contributed by atoms with Crippen LogP contribution in [-0.2, 0) is 4.79 Å². The van der Waals surface area contributed by atoms with Crippen LogP contribution in [0.5, 0.6) is 0 Å². The van der Waals surface area contributed by atoms with E-state index in [1.54, 1.807) is 0 Å². The number of nitrogen functional groups attached to an aromatic ring is 1. The summed E-state index contributed by atoms with van der Waals surface area (Å²) in [5.74, 6) is -0.208. The molecule has 0 saturated carbocycles. The Labute approximate surface area is 128 Å². The van der Waals surface area contributed by atoms with Gasteiger partial charge in [0.25, 0.3) is 0 Å². The first kappa shape index (κ1) is 17.0. The maximum absolute atomic E-state index is 12.0. The number of amides is 1. The fourth-order valence-electron chi connectivity index (χ4n) is 1.75. The number of carbonyl (C=O) groups excluding carboxylic acids is 1. The van der Waals surface area contributed by atoms with E-state index in [9.17, 15) is 4.79 Å². The van der Waals surface area contributed by atoms with Gasteiger partial charge in [-0.15, -0.1) is 0 Å². The Bertz CT molecular complexity index is 446. The zero-order chi connectivity index (χ0) is 15.1. The van der Waals surface area contributed by atoms with Crippen molar-refractivity contribution in [1.82, 2.24) is 4.90 Å². The Morgan fingerprint density at radius 1 is 1.45 bits per heavy atom. The molecule has 0 heterocycles. The van der Waals surface area contributed by atoms with Crippen molar-refractivity contribution < 1.29 is 9.90 Å². The normalized spacial score (nSPS) is 10.8. The molecule has 0 aromatic heterocycles. The van der Waals surface area contributed by atoms with E-state index < -0.39 is 0 Å².